The van der Waals surface area contributed by atoms with E-state index in [2.05, 4.69) is 50.2 Å². The second-order valence-electron chi connectivity index (χ2n) is 9.19. The van der Waals surface area contributed by atoms with Crippen LogP contribution in [0.4, 0.5) is 0 Å². The molecule has 26 heavy (non-hydrogen) atoms. The van der Waals surface area contributed by atoms with Gasteiger partial charge in [0.15, 0.2) is 5.78 Å². The molecule has 3 rings (SSSR count). The van der Waals surface area contributed by atoms with Crippen LogP contribution in [0, 0.1) is 5.41 Å². The maximum absolute atomic E-state index is 13.0. The minimum atomic E-state index is -0.526. The van der Waals surface area contributed by atoms with Gasteiger partial charge in [0.05, 0.1) is 35.3 Å². The highest BCUT2D eigenvalue weighted by Crippen LogP contribution is 2.48. The van der Waals surface area contributed by atoms with Crippen LogP contribution in [0.1, 0.15) is 76.1 Å². The zero-order valence-corrected chi connectivity index (χ0v) is 17.8. The minimum absolute atomic E-state index is 0.0791. The van der Waals surface area contributed by atoms with Gasteiger partial charge in [0.2, 0.25) is 9.76 Å². The lowest BCUT2D eigenvalue weighted by atomic mass is 9.83. The number of rotatable bonds is 4. The van der Waals surface area contributed by atoms with Gasteiger partial charge >= 0.3 is 0 Å². The third-order valence-electron chi connectivity index (χ3n) is 4.94. The molecule has 1 aromatic heterocycles. The van der Waals surface area contributed by atoms with Crippen molar-refractivity contribution in [2.24, 2.45) is 5.41 Å². The molecule has 0 saturated carbocycles. The van der Waals surface area contributed by atoms with E-state index < -0.39 is 11.0 Å². The minimum Gasteiger partial charge on any atom is -0.406 e. The Kier molecular flexibility index (Phi) is 4.52. The van der Waals surface area contributed by atoms with Gasteiger partial charge in [-0.25, -0.2) is 4.98 Å². The number of imidazole rings is 1. The number of ketones is 1. The molecule has 1 aromatic carbocycles. The Morgan fingerprint density at radius 3 is 2.46 bits per heavy atom. The number of benzene rings is 1. The van der Waals surface area contributed by atoms with Gasteiger partial charge in [0.1, 0.15) is 0 Å². The molecule has 1 heterocycles. The lowest BCUT2D eigenvalue weighted by Crippen LogP contribution is -2.34. The summed E-state index contributed by atoms with van der Waals surface area (Å²) in [6.07, 6.45) is 3.71. The van der Waals surface area contributed by atoms with Gasteiger partial charge in [-0.1, -0.05) is 58.9 Å². The van der Waals surface area contributed by atoms with Crippen LogP contribution < -0.4 is 0 Å². The SMILES string of the molecule is CC(C)(C)[Si]OC(C)(C)c1cncn1C1c2ccccc2C(=O)C1(C)C. The Hall–Kier alpha value is -1.72. The fourth-order valence-electron chi connectivity index (χ4n) is 3.61. The summed E-state index contributed by atoms with van der Waals surface area (Å²) >= 11 is 0. The molecular formula is C21H28N2O2Si. The average Bonchev–Trinajstić information content (AvgIpc) is 3.08. The molecule has 1 aliphatic carbocycles. The Balaban J connectivity index is 2.05. The quantitative estimate of drug-likeness (QED) is 0.729. The Labute approximate surface area is 158 Å². The number of carbonyl (C=O) groups excluding carboxylic acids is 1. The van der Waals surface area contributed by atoms with Crippen LogP contribution in [0.25, 0.3) is 0 Å². The van der Waals surface area contributed by atoms with Gasteiger partial charge in [-0.15, -0.1) is 0 Å². The van der Waals surface area contributed by atoms with E-state index in [1.54, 1.807) is 0 Å². The van der Waals surface area contributed by atoms with E-state index in [0.29, 0.717) is 9.76 Å². The first kappa shape index (κ1) is 19.0. The molecule has 138 valence electrons. The van der Waals surface area contributed by atoms with Crippen molar-refractivity contribution in [1.29, 1.82) is 0 Å². The van der Waals surface area contributed by atoms with Crippen molar-refractivity contribution in [3.8, 4) is 0 Å². The number of fused-ring (bicyclic) bond motifs is 1. The molecule has 2 radical (unpaired) electrons. The molecule has 1 unspecified atom stereocenters. The third kappa shape index (κ3) is 3.18. The summed E-state index contributed by atoms with van der Waals surface area (Å²) in [6.45, 7) is 14.7. The fraction of sp³-hybridized carbons (Fsp3) is 0.524. The molecule has 4 nitrogen and oxygen atoms in total. The molecule has 0 aliphatic heterocycles. The van der Waals surface area contributed by atoms with Gasteiger partial charge < -0.3 is 8.99 Å². The molecular weight excluding hydrogens is 340 g/mol. The van der Waals surface area contributed by atoms with Gasteiger partial charge in [0, 0.05) is 5.56 Å². The maximum Gasteiger partial charge on any atom is 0.237 e. The van der Waals surface area contributed by atoms with Crippen molar-refractivity contribution in [3.63, 3.8) is 0 Å². The molecule has 0 saturated heterocycles. The first-order valence-corrected chi connectivity index (χ1v) is 9.97. The largest absolute Gasteiger partial charge is 0.406 e. The van der Waals surface area contributed by atoms with Crippen LogP contribution in [0.15, 0.2) is 36.8 Å². The highest BCUT2D eigenvalue weighted by atomic mass is 28.2. The monoisotopic (exact) mass is 368 g/mol. The van der Waals surface area contributed by atoms with Crippen molar-refractivity contribution >= 4 is 15.5 Å². The normalized spacial score (nSPS) is 19.7. The van der Waals surface area contributed by atoms with Gasteiger partial charge in [-0.05, 0) is 24.4 Å². The number of Topliss-reactive ketones (excluding diaryl/α,β-unsaturated/α-hetero) is 1. The number of hydrogen-bond acceptors (Lipinski definition) is 3. The van der Waals surface area contributed by atoms with Crippen LogP contribution in [-0.4, -0.2) is 25.1 Å². The summed E-state index contributed by atoms with van der Waals surface area (Å²) in [5, 5.41) is 0.108. The van der Waals surface area contributed by atoms with Crippen molar-refractivity contribution in [1.82, 2.24) is 9.55 Å². The first-order chi connectivity index (χ1) is 12.0. The summed E-state index contributed by atoms with van der Waals surface area (Å²) in [6, 6.07) is 7.84. The lowest BCUT2D eigenvalue weighted by molar-refractivity contribution is 0.0775. The number of aromatic nitrogens is 2. The summed E-state index contributed by atoms with van der Waals surface area (Å²) in [7, 11) is 0.374. The first-order valence-electron chi connectivity index (χ1n) is 9.06. The molecule has 0 bridgehead atoms. The highest BCUT2D eigenvalue weighted by molar-refractivity contribution is 6.31. The zero-order chi connectivity index (χ0) is 19.3. The maximum atomic E-state index is 13.0. The molecule has 0 N–H and O–H groups in total. The van der Waals surface area contributed by atoms with E-state index in [0.717, 1.165) is 16.8 Å². The van der Waals surface area contributed by atoms with Crippen LogP contribution in [0.5, 0.6) is 0 Å². The van der Waals surface area contributed by atoms with Crippen LogP contribution in [-0.2, 0) is 10.0 Å². The Bertz CT molecular complexity index is 831. The van der Waals surface area contributed by atoms with Crippen molar-refractivity contribution in [3.05, 3.63) is 53.6 Å². The molecule has 0 amide bonds. The third-order valence-corrected chi connectivity index (χ3v) is 6.17. The zero-order valence-electron chi connectivity index (χ0n) is 16.8. The average molecular weight is 369 g/mol. The summed E-state index contributed by atoms with van der Waals surface area (Å²) in [4.78, 5) is 17.4. The van der Waals surface area contributed by atoms with Gasteiger partial charge in [-0.3, -0.25) is 4.79 Å². The lowest BCUT2D eigenvalue weighted by Gasteiger charge is -2.34. The Morgan fingerprint density at radius 1 is 1.15 bits per heavy atom. The van der Waals surface area contributed by atoms with Crippen LogP contribution in [0.3, 0.4) is 0 Å². The molecule has 1 atom stereocenters. The Morgan fingerprint density at radius 2 is 1.81 bits per heavy atom. The number of hydrogen-bond donors (Lipinski definition) is 0. The topological polar surface area (TPSA) is 44.1 Å². The van der Waals surface area contributed by atoms with E-state index in [1.165, 1.54) is 0 Å². The predicted octanol–water partition coefficient (Wildman–Crippen LogP) is 4.78. The fourth-order valence-corrected chi connectivity index (χ4v) is 4.28. The molecule has 2 aromatic rings. The van der Waals surface area contributed by atoms with Crippen molar-refractivity contribution in [2.75, 3.05) is 0 Å². The smallest absolute Gasteiger partial charge is 0.237 e. The van der Waals surface area contributed by atoms with E-state index in [9.17, 15) is 4.79 Å². The molecule has 0 spiro atoms. The van der Waals surface area contributed by atoms with Crippen LogP contribution >= 0.6 is 0 Å². The van der Waals surface area contributed by atoms with E-state index in [-0.39, 0.29) is 16.9 Å². The molecule has 0 fully saturated rings. The number of nitrogens with zero attached hydrogens (tertiary/aromatic N) is 2. The van der Waals surface area contributed by atoms with E-state index >= 15 is 0 Å². The van der Waals surface area contributed by atoms with Crippen molar-refractivity contribution < 1.29 is 9.22 Å². The highest BCUT2D eigenvalue weighted by Gasteiger charge is 2.48. The van der Waals surface area contributed by atoms with Gasteiger partial charge in [-0.2, -0.15) is 0 Å². The second kappa shape index (κ2) is 6.17. The standard InChI is InChI=1S/C21H28N2O2Si/c1-19(2,3)26-25-21(6,7)16-12-22-13-23(16)17-14-10-8-9-11-15(14)18(24)20(17,4)5/h8-13,17H,1-7H3. The molecule has 1 aliphatic rings. The molecule has 5 heteroatoms. The summed E-state index contributed by atoms with van der Waals surface area (Å²) < 4.78 is 8.44. The summed E-state index contributed by atoms with van der Waals surface area (Å²) in [5.74, 6) is 0.188. The second-order valence-corrected chi connectivity index (χ2v) is 11.1. The van der Waals surface area contributed by atoms with Crippen molar-refractivity contribution in [2.45, 2.75) is 65.1 Å². The number of carbonyl (C=O) groups is 1. The van der Waals surface area contributed by atoms with E-state index in [1.807, 2.05) is 44.6 Å². The summed E-state index contributed by atoms with van der Waals surface area (Å²) in [5.41, 5.74) is 1.87. The van der Waals surface area contributed by atoms with Gasteiger partial charge in [0.25, 0.3) is 0 Å². The van der Waals surface area contributed by atoms with Crippen LogP contribution in [0.2, 0.25) is 5.04 Å². The predicted molar refractivity (Wildman–Crippen MR) is 104 cm³/mol. The van der Waals surface area contributed by atoms with E-state index in [4.69, 9.17) is 4.43 Å².